The van der Waals surface area contributed by atoms with Gasteiger partial charge in [0.15, 0.2) is 9.84 Å². The summed E-state index contributed by atoms with van der Waals surface area (Å²) in [5, 5.41) is 13.0. The van der Waals surface area contributed by atoms with Gasteiger partial charge in [-0.2, -0.15) is 0 Å². The van der Waals surface area contributed by atoms with Gasteiger partial charge in [0.2, 0.25) is 0 Å². The summed E-state index contributed by atoms with van der Waals surface area (Å²) in [6.45, 7) is 1.84. The predicted molar refractivity (Wildman–Crippen MR) is 62.6 cm³/mol. The number of unbranched alkanes of at least 4 members (excludes halogenated alkanes) is 1. The van der Waals surface area contributed by atoms with Gasteiger partial charge in [-0.15, -0.1) is 0 Å². The van der Waals surface area contributed by atoms with Crippen LogP contribution in [-0.2, 0) is 14.6 Å². The number of hydrogen-bond acceptors (Lipinski definition) is 4. The molecule has 0 saturated carbocycles. The molecule has 0 aromatic carbocycles. The first kappa shape index (κ1) is 15.7. The summed E-state index contributed by atoms with van der Waals surface area (Å²) in [4.78, 5) is 21.7. The van der Waals surface area contributed by atoms with Gasteiger partial charge in [0.1, 0.15) is 6.04 Å². The van der Waals surface area contributed by atoms with E-state index in [1.54, 1.807) is 0 Å². The van der Waals surface area contributed by atoms with Crippen molar-refractivity contribution < 1.29 is 23.1 Å². The third kappa shape index (κ3) is 6.77. The summed E-state index contributed by atoms with van der Waals surface area (Å²) in [6.07, 6.45) is 1.19. The van der Waals surface area contributed by atoms with Crippen molar-refractivity contribution in [2.45, 2.75) is 25.8 Å². The normalized spacial score (nSPS) is 12.8. The van der Waals surface area contributed by atoms with Gasteiger partial charge in [0, 0.05) is 7.05 Å². The zero-order valence-electron chi connectivity index (χ0n) is 9.89. The van der Waals surface area contributed by atoms with E-state index >= 15 is 0 Å². The van der Waals surface area contributed by atoms with Gasteiger partial charge in [0.05, 0.1) is 11.5 Å². The number of urea groups is 1. The molecular formula is C9H18N2O5S. The Hall–Kier alpha value is -1.31. The van der Waals surface area contributed by atoms with Crippen LogP contribution in [0.4, 0.5) is 4.79 Å². The van der Waals surface area contributed by atoms with Crippen molar-refractivity contribution in [3.8, 4) is 0 Å². The van der Waals surface area contributed by atoms with E-state index in [2.05, 4.69) is 10.6 Å². The van der Waals surface area contributed by atoms with Crippen LogP contribution in [0.25, 0.3) is 0 Å². The van der Waals surface area contributed by atoms with Crippen LogP contribution < -0.4 is 10.6 Å². The molecule has 0 aromatic rings. The van der Waals surface area contributed by atoms with E-state index in [-0.39, 0.29) is 5.75 Å². The van der Waals surface area contributed by atoms with Crippen LogP contribution in [0.5, 0.6) is 0 Å². The van der Waals surface area contributed by atoms with Crippen molar-refractivity contribution in [2.75, 3.05) is 18.6 Å². The Bertz CT molecular complexity index is 366. The summed E-state index contributed by atoms with van der Waals surface area (Å²) in [7, 11) is -2.15. The lowest BCUT2D eigenvalue weighted by Crippen LogP contribution is -2.48. The number of aliphatic carboxylic acids is 1. The molecule has 0 aliphatic carbocycles. The maximum atomic E-state index is 11.5. The van der Waals surface area contributed by atoms with Crippen LogP contribution in [0.3, 0.4) is 0 Å². The Morgan fingerprint density at radius 2 is 1.94 bits per heavy atom. The number of carbonyl (C=O) groups is 2. The van der Waals surface area contributed by atoms with E-state index in [4.69, 9.17) is 5.11 Å². The van der Waals surface area contributed by atoms with Gasteiger partial charge in [-0.3, -0.25) is 0 Å². The zero-order valence-corrected chi connectivity index (χ0v) is 10.7. The lowest BCUT2D eigenvalue weighted by atomic mass is 10.3. The minimum absolute atomic E-state index is 0.0668. The molecule has 2 amide bonds. The molecule has 0 unspecified atom stereocenters. The van der Waals surface area contributed by atoms with E-state index in [1.807, 2.05) is 6.92 Å². The van der Waals surface area contributed by atoms with Crippen LogP contribution in [0.15, 0.2) is 0 Å². The van der Waals surface area contributed by atoms with E-state index < -0.39 is 33.6 Å². The van der Waals surface area contributed by atoms with Crippen molar-refractivity contribution in [3.63, 3.8) is 0 Å². The molecule has 0 spiro atoms. The van der Waals surface area contributed by atoms with Gasteiger partial charge >= 0.3 is 12.0 Å². The summed E-state index contributed by atoms with van der Waals surface area (Å²) in [5.74, 6) is -2.02. The second-order valence-electron chi connectivity index (χ2n) is 3.58. The minimum atomic E-state index is -3.47. The fourth-order valence-corrected chi connectivity index (χ4v) is 2.74. The van der Waals surface area contributed by atoms with Crippen LogP contribution in [0.1, 0.15) is 19.8 Å². The maximum absolute atomic E-state index is 11.5. The number of carboxylic acids is 1. The summed E-state index contributed by atoms with van der Waals surface area (Å²) in [6, 6.07) is -2.14. The average Bonchev–Trinajstić information content (AvgIpc) is 2.25. The van der Waals surface area contributed by atoms with Gasteiger partial charge in [-0.1, -0.05) is 13.3 Å². The molecule has 0 aliphatic rings. The minimum Gasteiger partial charge on any atom is -0.480 e. The Labute approximate surface area is 101 Å². The van der Waals surface area contributed by atoms with Gasteiger partial charge in [-0.05, 0) is 6.42 Å². The molecule has 17 heavy (non-hydrogen) atoms. The molecule has 8 heteroatoms. The number of carbonyl (C=O) groups excluding carboxylic acids is 1. The first-order valence-corrected chi connectivity index (χ1v) is 7.06. The monoisotopic (exact) mass is 266 g/mol. The molecule has 3 N–H and O–H groups in total. The van der Waals surface area contributed by atoms with E-state index in [0.717, 1.165) is 0 Å². The Morgan fingerprint density at radius 3 is 2.35 bits per heavy atom. The highest BCUT2D eigenvalue weighted by Crippen LogP contribution is 2.00. The van der Waals surface area contributed by atoms with Crippen LogP contribution in [-0.4, -0.2) is 50.1 Å². The van der Waals surface area contributed by atoms with Crippen molar-refractivity contribution in [1.29, 1.82) is 0 Å². The zero-order chi connectivity index (χ0) is 13.5. The molecule has 0 rings (SSSR count). The lowest BCUT2D eigenvalue weighted by molar-refractivity contribution is -0.138. The quantitative estimate of drug-likeness (QED) is 0.579. The maximum Gasteiger partial charge on any atom is 0.327 e. The molecule has 0 aromatic heterocycles. The van der Waals surface area contributed by atoms with Gasteiger partial charge in [0.25, 0.3) is 0 Å². The van der Waals surface area contributed by atoms with E-state index in [0.29, 0.717) is 12.8 Å². The topological polar surface area (TPSA) is 113 Å². The Morgan fingerprint density at radius 1 is 1.35 bits per heavy atom. The van der Waals surface area contributed by atoms with Crippen LogP contribution in [0.2, 0.25) is 0 Å². The standard InChI is InChI=1S/C9H18N2O5S/c1-3-4-5-17(15,16)6-7(8(12)13)11-9(14)10-2/h7H,3-6H2,1-2H3,(H,12,13)(H2,10,11,14)/t7-/m1/s1. The fraction of sp³-hybridized carbons (Fsp3) is 0.778. The first-order chi connectivity index (χ1) is 7.82. The fourth-order valence-electron chi connectivity index (χ4n) is 1.11. The number of nitrogens with one attached hydrogen (secondary N) is 2. The molecule has 0 radical (unpaired) electrons. The number of sulfone groups is 1. The highest BCUT2D eigenvalue weighted by molar-refractivity contribution is 7.91. The van der Waals surface area contributed by atoms with Crippen molar-refractivity contribution in [3.05, 3.63) is 0 Å². The van der Waals surface area contributed by atoms with Gasteiger partial charge < -0.3 is 15.7 Å². The summed E-state index contributed by atoms with van der Waals surface area (Å²) in [5.41, 5.74) is 0. The molecular weight excluding hydrogens is 248 g/mol. The molecule has 100 valence electrons. The van der Waals surface area contributed by atoms with E-state index in [9.17, 15) is 18.0 Å². The average molecular weight is 266 g/mol. The molecule has 0 fully saturated rings. The second-order valence-corrected chi connectivity index (χ2v) is 5.81. The largest absolute Gasteiger partial charge is 0.480 e. The smallest absolute Gasteiger partial charge is 0.327 e. The SMILES string of the molecule is CCCCS(=O)(=O)C[C@@H](NC(=O)NC)C(=O)O. The predicted octanol–water partition coefficient (Wildman–Crippen LogP) is -0.416. The Kier molecular flexibility index (Phi) is 6.55. The summed E-state index contributed by atoms with van der Waals surface area (Å²) < 4.78 is 23.1. The van der Waals surface area contributed by atoms with E-state index in [1.165, 1.54) is 7.05 Å². The molecule has 0 saturated heterocycles. The van der Waals surface area contributed by atoms with Crippen molar-refractivity contribution in [2.24, 2.45) is 0 Å². The second kappa shape index (κ2) is 7.10. The highest BCUT2D eigenvalue weighted by Gasteiger charge is 2.26. The van der Waals surface area contributed by atoms with Gasteiger partial charge in [-0.25, -0.2) is 18.0 Å². The van der Waals surface area contributed by atoms with Crippen molar-refractivity contribution in [1.82, 2.24) is 10.6 Å². The third-order valence-electron chi connectivity index (χ3n) is 2.06. The van der Waals surface area contributed by atoms with Crippen LogP contribution in [0, 0.1) is 0 Å². The van der Waals surface area contributed by atoms with Crippen LogP contribution >= 0.6 is 0 Å². The van der Waals surface area contributed by atoms with Crippen molar-refractivity contribution >= 4 is 21.8 Å². The molecule has 7 nitrogen and oxygen atoms in total. The number of rotatable bonds is 7. The molecule has 0 bridgehead atoms. The first-order valence-electron chi connectivity index (χ1n) is 5.24. The summed E-state index contributed by atoms with van der Waals surface area (Å²) >= 11 is 0. The number of amides is 2. The number of hydrogen-bond donors (Lipinski definition) is 3. The Balaban J connectivity index is 4.54. The lowest BCUT2D eigenvalue weighted by Gasteiger charge is -2.14. The third-order valence-corrected chi connectivity index (χ3v) is 3.81. The number of carboxylic acid groups (broad SMARTS) is 1. The molecule has 0 heterocycles. The highest BCUT2D eigenvalue weighted by atomic mass is 32.2. The molecule has 1 atom stereocenters. The molecule has 0 aliphatic heterocycles.